The molecule has 0 heterocycles. The van der Waals surface area contributed by atoms with Crippen LogP contribution in [0.2, 0.25) is 0 Å². The third-order valence-corrected chi connectivity index (χ3v) is 5.08. The van der Waals surface area contributed by atoms with Gasteiger partial charge < -0.3 is 19.9 Å². The van der Waals surface area contributed by atoms with Crippen LogP contribution in [0.1, 0.15) is 68.6 Å². The molecule has 0 spiro atoms. The van der Waals surface area contributed by atoms with Gasteiger partial charge in [-0.2, -0.15) is 0 Å². The lowest BCUT2D eigenvalue weighted by atomic mass is 10.2. The van der Waals surface area contributed by atoms with Crippen LogP contribution in [0.15, 0.2) is 85.0 Å². The Balaban J connectivity index is 1.91. The number of esters is 1. The van der Waals surface area contributed by atoms with Gasteiger partial charge in [0.1, 0.15) is 24.5 Å². The number of allylic oxidation sites excluding steroid dienone is 10. The molecule has 0 aliphatic heterocycles. The average Bonchev–Trinajstić information content (AvgIpc) is 2.90. The molecule has 0 bridgehead atoms. The van der Waals surface area contributed by atoms with Gasteiger partial charge in [0.05, 0.1) is 6.54 Å². The molecule has 2 N–H and O–H groups in total. The second-order valence-corrected chi connectivity index (χ2v) is 8.26. The fourth-order valence-electron chi connectivity index (χ4n) is 3.11. The number of unbranched alkanes of at least 4 members (excludes halogenated alkanes) is 2. The molecule has 6 heteroatoms. The van der Waals surface area contributed by atoms with Gasteiger partial charge in [-0.15, -0.1) is 0 Å². The highest BCUT2D eigenvalue weighted by Crippen LogP contribution is 2.16. The molecular weight excluding hydrogens is 466 g/mol. The Kier molecular flexibility index (Phi) is 19.7. The molecule has 0 radical (unpaired) electrons. The van der Waals surface area contributed by atoms with Crippen LogP contribution in [0.5, 0.6) is 5.75 Å². The number of aromatic hydroxyl groups is 1. The summed E-state index contributed by atoms with van der Waals surface area (Å²) in [5.74, 6) is -1.01. The molecule has 1 amide bonds. The number of ether oxygens (including phenoxy) is 2. The second-order valence-electron chi connectivity index (χ2n) is 8.26. The van der Waals surface area contributed by atoms with E-state index >= 15 is 0 Å². The van der Waals surface area contributed by atoms with Gasteiger partial charge in [-0.05, 0) is 63.5 Å². The van der Waals surface area contributed by atoms with E-state index in [1.54, 1.807) is 12.1 Å². The maximum Gasteiger partial charge on any atom is 0.341 e. The number of rotatable bonds is 20. The lowest BCUT2D eigenvalue weighted by Gasteiger charge is -2.08. The zero-order valence-corrected chi connectivity index (χ0v) is 22.1. The number of carbonyl (C=O) groups is 2. The number of para-hydroxylation sites is 1. The number of nitrogens with one attached hydrogen (secondary N) is 1. The topological polar surface area (TPSA) is 84.9 Å². The second kappa shape index (κ2) is 23.0. The maximum absolute atomic E-state index is 11.8. The molecular formula is C31H43NO5. The number of carbonyl (C=O) groups excluding carboxylic acids is 2. The van der Waals surface area contributed by atoms with Crippen molar-refractivity contribution in [2.75, 3.05) is 26.4 Å². The highest BCUT2D eigenvalue weighted by atomic mass is 16.5. The van der Waals surface area contributed by atoms with Crippen LogP contribution in [-0.2, 0) is 14.3 Å². The van der Waals surface area contributed by atoms with Crippen molar-refractivity contribution >= 4 is 11.9 Å². The van der Waals surface area contributed by atoms with Crippen LogP contribution in [0.4, 0.5) is 0 Å². The van der Waals surface area contributed by atoms with Crippen molar-refractivity contribution in [3.8, 4) is 5.75 Å². The van der Waals surface area contributed by atoms with Crippen molar-refractivity contribution in [3.05, 3.63) is 90.6 Å². The Morgan fingerprint density at radius 2 is 1.41 bits per heavy atom. The van der Waals surface area contributed by atoms with Gasteiger partial charge in [0.25, 0.3) is 0 Å². The monoisotopic (exact) mass is 509 g/mol. The first-order valence-electron chi connectivity index (χ1n) is 13.2. The molecule has 0 aliphatic rings. The molecule has 6 nitrogen and oxygen atoms in total. The van der Waals surface area contributed by atoms with Crippen LogP contribution < -0.4 is 5.32 Å². The Morgan fingerprint density at radius 1 is 0.811 bits per heavy atom. The van der Waals surface area contributed by atoms with E-state index in [1.165, 1.54) is 12.1 Å². The van der Waals surface area contributed by atoms with Gasteiger partial charge >= 0.3 is 5.97 Å². The number of phenolic OH excluding ortho intramolecular Hbond substituents is 1. The Morgan fingerprint density at radius 3 is 2.03 bits per heavy atom. The molecule has 0 aliphatic carbocycles. The third kappa shape index (κ3) is 18.5. The average molecular weight is 510 g/mol. The Hall–Kier alpha value is -3.38. The van der Waals surface area contributed by atoms with Gasteiger partial charge in [-0.1, -0.05) is 79.8 Å². The number of hydrogen-bond acceptors (Lipinski definition) is 5. The van der Waals surface area contributed by atoms with Gasteiger partial charge in [0.15, 0.2) is 0 Å². The molecule has 37 heavy (non-hydrogen) atoms. The SMILES string of the molecule is CC/C=C\C/C=C\C/C=C\C/C=C\C/C=C\CCCCOCC(=O)NCCOC(=O)c1ccccc1O. The molecule has 0 unspecified atom stereocenters. The van der Waals surface area contributed by atoms with Crippen molar-refractivity contribution in [2.24, 2.45) is 0 Å². The number of amides is 1. The van der Waals surface area contributed by atoms with E-state index in [-0.39, 0.29) is 37.0 Å². The van der Waals surface area contributed by atoms with Gasteiger partial charge in [0.2, 0.25) is 5.91 Å². The molecule has 0 fully saturated rings. The molecule has 1 rings (SSSR count). The Bertz CT molecular complexity index is 899. The summed E-state index contributed by atoms with van der Waals surface area (Å²) in [6.45, 7) is 2.86. The highest BCUT2D eigenvalue weighted by molar-refractivity contribution is 5.92. The van der Waals surface area contributed by atoms with Gasteiger partial charge in [0, 0.05) is 6.61 Å². The van der Waals surface area contributed by atoms with Crippen LogP contribution >= 0.6 is 0 Å². The normalized spacial score (nSPS) is 12.0. The zero-order chi connectivity index (χ0) is 26.8. The third-order valence-electron chi connectivity index (χ3n) is 5.08. The van der Waals surface area contributed by atoms with E-state index < -0.39 is 5.97 Å². The summed E-state index contributed by atoms with van der Waals surface area (Å²) in [7, 11) is 0. The molecule has 1 aromatic carbocycles. The van der Waals surface area contributed by atoms with E-state index in [0.717, 1.165) is 51.4 Å². The summed E-state index contributed by atoms with van der Waals surface area (Å²) in [5, 5.41) is 12.3. The maximum atomic E-state index is 11.8. The molecule has 0 aromatic heterocycles. The number of phenols is 1. The minimum absolute atomic E-state index is 0.0188. The highest BCUT2D eigenvalue weighted by Gasteiger charge is 2.11. The summed E-state index contributed by atoms with van der Waals surface area (Å²) < 4.78 is 10.4. The standard InChI is InChI=1S/C31H43NO5/c1-2-3-4-5-6-7-8-9-10-11-12-13-14-15-16-17-18-21-25-36-27-30(34)32-24-26-37-31(35)28-22-19-20-23-29(28)33/h3-4,6-7,9-10,12-13,15-16,19-20,22-23,33H,2,5,8,11,14,17-18,21,24-27H2,1H3,(H,32,34)/b4-3-,7-6-,10-9-,13-12-,16-15-. The van der Waals surface area contributed by atoms with Crippen molar-refractivity contribution in [1.82, 2.24) is 5.32 Å². The van der Waals surface area contributed by atoms with Crippen LogP contribution in [0, 0.1) is 0 Å². The van der Waals surface area contributed by atoms with Crippen molar-refractivity contribution in [3.63, 3.8) is 0 Å². The lowest BCUT2D eigenvalue weighted by Crippen LogP contribution is -2.31. The molecule has 1 aromatic rings. The summed E-state index contributed by atoms with van der Waals surface area (Å²) >= 11 is 0. The summed E-state index contributed by atoms with van der Waals surface area (Å²) in [6.07, 6.45) is 29.8. The quantitative estimate of drug-likeness (QED) is 0.117. The van der Waals surface area contributed by atoms with E-state index in [4.69, 9.17) is 9.47 Å². The largest absolute Gasteiger partial charge is 0.507 e. The van der Waals surface area contributed by atoms with Crippen LogP contribution in [0.25, 0.3) is 0 Å². The van der Waals surface area contributed by atoms with E-state index in [9.17, 15) is 14.7 Å². The zero-order valence-electron chi connectivity index (χ0n) is 22.1. The van der Waals surface area contributed by atoms with Gasteiger partial charge in [-0.25, -0.2) is 4.79 Å². The van der Waals surface area contributed by atoms with E-state index in [1.807, 2.05) is 0 Å². The number of hydrogen-bond donors (Lipinski definition) is 2. The lowest BCUT2D eigenvalue weighted by molar-refractivity contribution is -0.125. The first kappa shape index (κ1) is 31.6. The fourth-order valence-corrected chi connectivity index (χ4v) is 3.11. The smallest absolute Gasteiger partial charge is 0.341 e. The van der Waals surface area contributed by atoms with Crippen molar-refractivity contribution in [1.29, 1.82) is 0 Å². The minimum atomic E-state index is -0.629. The first-order chi connectivity index (χ1) is 18.1. The molecule has 0 saturated heterocycles. The first-order valence-corrected chi connectivity index (χ1v) is 13.2. The predicted molar refractivity (Wildman–Crippen MR) is 151 cm³/mol. The minimum Gasteiger partial charge on any atom is -0.507 e. The molecule has 0 atom stereocenters. The van der Waals surface area contributed by atoms with Crippen LogP contribution in [-0.4, -0.2) is 43.3 Å². The Labute approximate surface area is 222 Å². The van der Waals surface area contributed by atoms with Gasteiger partial charge in [-0.3, -0.25) is 4.79 Å². The fraction of sp³-hybridized carbons (Fsp3) is 0.419. The summed E-state index contributed by atoms with van der Waals surface area (Å²) in [4.78, 5) is 23.6. The van der Waals surface area contributed by atoms with E-state index in [2.05, 4.69) is 73.0 Å². The van der Waals surface area contributed by atoms with Crippen LogP contribution in [0.3, 0.4) is 0 Å². The summed E-state index contributed by atoms with van der Waals surface area (Å²) in [5.41, 5.74) is 0.0988. The van der Waals surface area contributed by atoms with E-state index in [0.29, 0.717) is 6.61 Å². The molecule has 0 saturated carbocycles. The predicted octanol–water partition coefficient (Wildman–Crippen LogP) is 6.60. The molecule has 202 valence electrons. The summed E-state index contributed by atoms with van der Waals surface area (Å²) in [6, 6.07) is 6.15. The number of benzene rings is 1. The van der Waals surface area contributed by atoms with Crippen molar-refractivity contribution < 1.29 is 24.2 Å². The van der Waals surface area contributed by atoms with Crippen molar-refractivity contribution in [2.45, 2.75) is 58.3 Å².